The molecule has 0 aromatic carbocycles. The molecule has 90 valence electrons. The van der Waals surface area contributed by atoms with E-state index >= 15 is 0 Å². The lowest BCUT2D eigenvalue weighted by molar-refractivity contribution is -0.181. The Hall–Kier alpha value is -0.670. The summed E-state index contributed by atoms with van der Waals surface area (Å²) in [5, 5.41) is 0. The number of hydrogen-bond donors (Lipinski definition) is 0. The Bertz CT molecular complexity index is 264. The van der Waals surface area contributed by atoms with E-state index in [-0.39, 0.29) is 6.29 Å². The van der Waals surface area contributed by atoms with Gasteiger partial charge in [-0.2, -0.15) is 0 Å². The Morgan fingerprint density at radius 1 is 1.19 bits per heavy atom. The Morgan fingerprint density at radius 2 is 2.00 bits per heavy atom. The quantitative estimate of drug-likeness (QED) is 0.673. The minimum Gasteiger partial charge on any atom is -0.353 e. The lowest BCUT2D eigenvalue weighted by atomic mass is 10.1. The van der Waals surface area contributed by atoms with Gasteiger partial charge in [-0.1, -0.05) is 5.57 Å². The fourth-order valence-corrected chi connectivity index (χ4v) is 2.22. The lowest BCUT2D eigenvalue weighted by Crippen LogP contribution is -2.24. The molecule has 3 heteroatoms. The first-order valence-corrected chi connectivity index (χ1v) is 6.30. The van der Waals surface area contributed by atoms with Crippen molar-refractivity contribution in [2.45, 2.75) is 51.2 Å². The molecule has 0 saturated carbocycles. The fourth-order valence-electron chi connectivity index (χ4n) is 2.22. The number of ether oxygens (including phenoxy) is 2. The molecule has 1 fully saturated rings. The zero-order chi connectivity index (χ0) is 11.2. The van der Waals surface area contributed by atoms with Crippen LogP contribution in [0, 0.1) is 0 Å². The minimum atomic E-state index is 0.0212. The van der Waals surface area contributed by atoms with Gasteiger partial charge in [0.25, 0.3) is 0 Å². The summed E-state index contributed by atoms with van der Waals surface area (Å²) in [5.41, 5.74) is 1.33. The first kappa shape index (κ1) is 11.8. The molecule has 0 spiro atoms. The van der Waals surface area contributed by atoms with Gasteiger partial charge in [0.05, 0.1) is 13.2 Å². The molecule has 0 amide bonds. The van der Waals surface area contributed by atoms with Crippen LogP contribution in [0.25, 0.3) is 0 Å². The third-order valence-corrected chi connectivity index (χ3v) is 3.14. The Morgan fingerprint density at radius 3 is 2.69 bits per heavy atom. The molecule has 0 atom stereocenters. The van der Waals surface area contributed by atoms with E-state index in [0.717, 1.165) is 58.2 Å². The molecule has 1 heterocycles. The molecule has 16 heavy (non-hydrogen) atoms. The Labute approximate surface area is 96.8 Å². The summed E-state index contributed by atoms with van der Waals surface area (Å²) in [5.74, 6) is 0.300. The van der Waals surface area contributed by atoms with Gasteiger partial charge in [0.15, 0.2) is 12.1 Å². The summed E-state index contributed by atoms with van der Waals surface area (Å²) in [4.78, 5) is 11.0. The maximum atomic E-state index is 11.0. The molecule has 0 aromatic heterocycles. The zero-order valence-electron chi connectivity index (χ0n) is 9.74. The molecule has 1 aliphatic carbocycles. The van der Waals surface area contributed by atoms with E-state index in [4.69, 9.17) is 9.47 Å². The van der Waals surface area contributed by atoms with Crippen molar-refractivity contribution >= 4 is 5.78 Å². The molecule has 1 saturated heterocycles. The third kappa shape index (κ3) is 3.72. The van der Waals surface area contributed by atoms with Crippen molar-refractivity contribution in [3.05, 3.63) is 11.6 Å². The van der Waals surface area contributed by atoms with Crippen LogP contribution in [0.15, 0.2) is 11.6 Å². The average molecular weight is 224 g/mol. The molecule has 1 aliphatic heterocycles. The van der Waals surface area contributed by atoms with E-state index in [9.17, 15) is 4.79 Å². The monoisotopic (exact) mass is 224 g/mol. The first-order valence-electron chi connectivity index (χ1n) is 6.30. The van der Waals surface area contributed by atoms with Crippen LogP contribution in [-0.4, -0.2) is 25.3 Å². The molecular weight excluding hydrogens is 204 g/mol. The average Bonchev–Trinajstić information content (AvgIpc) is 2.72. The summed E-state index contributed by atoms with van der Waals surface area (Å²) >= 11 is 0. The highest BCUT2D eigenvalue weighted by atomic mass is 16.7. The van der Waals surface area contributed by atoms with Gasteiger partial charge in [-0.05, 0) is 44.6 Å². The van der Waals surface area contributed by atoms with Gasteiger partial charge >= 0.3 is 0 Å². The first-order chi connectivity index (χ1) is 7.84. The second-order valence-electron chi connectivity index (χ2n) is 4.54. The van der Waals surface area contributed by atoms with E-state index < -0.39 is 0 Å². The van der Waals surface area contributed by atoms with Crippen LogP contribution < -0.4 is 0 Å². The van der Waals surface area contributed by atoms with E-state index in [2.05, 4.69) is 0 Å². The van der Waals surface area contributed by atoms with Gasteiger partial charge < -0.3 is 9.47 Å². The SMILES string of the molecule is O=C1C=C(CCCCC2OCCCO2)CC1. The maximum Gasteiger partial charge on any atom is 0.157 e. The van der Waals surface area contributed by atoms with Crippen molar-refractivity contribution in [1.29, 1.82) is 0 Å². The minimum absolute atomic E-state index is 0.0212. The van der Waals surface area contributed by atoms with E-state index in [1.54, 1.807) is 0 Å². The number of unbranched alkanes of at least 4 members (excludes halogenated alkanes) is 1. The highest BCUT2D eigenvalue weighted by molar-refractivity contribution is 5.92. The van der Waals surface area contributed by atoms with Crippen LogP contribution in [0.1, 0.15) is 44.9 Å². The topological polar surface area (TPSA) is 35.5 Å². The number of rotatable bonds is 5. The second kappa shape index (κ2) is 6.16. The van der Waals surface area contributed by atoms with Crippen LogP contribution in [0.2, 0.25) is 0 Å². The number of carbonyl (C=O) groups excluding carboxylic acids is 1. The predicted octanol–water partition coefficient (Wildman–Crippen LogP) is 2.60. The van der Waals surface area contributed by atoms with Crippen LogP contribution in [0.4, 0.5) is 0 Å². The van der Waals surface area contributed by atoms with Gasteiger partial charge in [0.1, 0.15) is 0 Å². The smallest absolute Gasteiger partial charge is 0.157 e. The van der Waals surface area contributed by atoms with Crippen LogP contribution in [0.5, 0.6) is 0 Å². The van der Waals surface area contributed by atoms with Crippen molar-refractivity contribution in [2.24, 2.45) is 0 Å². The summed E-state index contributed by atoms with van der Waals surface area (Å²) in [6.45, 7) is 1.68. The Kier molecular flexibility index (Phi) is 4.55. The van der Waals surface area contributed by atoms with Crippen molar-refractivity contribution in [2.75, 3.05) is 13.2 Å². The van der Waals surface area contributed by atoms with Gasteiger partial charge in [0.2, 0.25) is 0 Å². The zero-order valence-corrected chi connectivity index (χ0v) is 9.74. The van der Waals surface area contributed by atoms with Crippen molar-refractivity contribution in [3.63, 3.8) is 0 Å². The fraction of sp³-hybridized carbons (Fsp3) is 0.769. The van der Waals surface area contributed by atoms with Crippen LogP contribution >= 0.6 is 0 Å². The number of hydrogen-bond acceptors (Lipinski definition) is 3. The Balaban J connectivity index is 1.54. The molecule has 0 unspecified atom stereocenters. The maximum absolute atomic E-state index is 11.0. The van der Waals surface area contributed by atoms with E-state index in [1.165, 1.54) is 5.57 Å². The number of allylic oxidation sites excluding steroid dienone is 2. The van der Waals surface area contributed by atoms with Crippen molar-refractivity contribution < 1.29 is 14.3 Å². The standard InChI is InChI=1S/C13H20O3/c14-12-7-6-11(10-12)4-1-2-5-13-15-8-3-9-16-13/h10,13H,1-9H2. The van der Waals surface area contributed by atoms with Crippen molar-refractivity contribution in [3.8, 4) is 0 Å². The predicted molar refractivity (Wildman–Crippen MR) is 61.1 cm³/mol. The molecule has 0 aromatic rings. The molecule has 3 nitrogen and oxygen atoms in total. The highest BCUT2D eigenvalue weighted by Gasteiger charge is 2.14. The van der Waals surface area contributed by atoms with Crippen LogP contribution in [-0.2, 0) is 14.3 Å². The summed E-state index contributed by atoms with van der Waals surface area (Å²) in [6.07, 6.45) is 8.89. The molecule has 0 bridgehead atoms. The highest BCUT2D eigenvalue weighted by Crippen LogP contribution is 2.21. The summed E-state index contributed by atoms with van der Waals surface area (Å²) < 4.78 is 11.0. The molecule has 0 N–H and O–H groups in total. The summed E-state index contributed by atoms with van der Waals surface area (Å²) in [6, 6.07) is 0. The van der Waals surface area contributed by atoms with Crippen molar-refractivity contribution in [1.82, 2.24) is 0 Å². The van der Waals surface area contributed by atoms with Gasteiger partial charge in [-0.25, -0.2) is 0 Å². The van der Waals surface area contributed by atoms with Gasteiger partial charge in [0, 0.05) is 6.42 Å². The van der Waals surface area contributed by atoms with E-state index in [0.29, 0.717) is 5.78 Å². The number of ketones is 1. The van der Waals surface area contributed by atoms with Gasteiger partial charge in [-0.3, -0.25) is 4.79 Å². The normalized spacial score (nSPS) is 22.5. The van der Waals surface area contributed by atoms with E-state index in [1.807, 2.05) is 6.08 Å². The summed E-state index contributed by atoms with van der Waals surface area (Å²) in [7, 11) is 0. The molecular formula is C13H20O3. The lowest BCUT2D eigenvalue weighted by Gasteiger charge is -2.23. The van der Waals surface area contributed by atoms with Crippen LogP contribution in [0.3, 0.4) is 0 Å². The molecule has 2 aliphatic rings. The largest absolute Gasteiger partial charge is 0.353 e. The molecule has 0 radical (unpaired) electrons. The molecule has 2 rings (SSSR count). The third-order valence-electron chi connectivity index (χ3n) is 3.14. The van der Waals surface area contributed by atoms with Gasteiger partial charge in [-0.15, -0.1) is 0 Å². The number of carbonyl (C=O) groups is 1. The second-order valence-corrected chi connectivity index (χ2v) is 4.54.